The van der Waals surface area contributed by atoms with Crippen LogP contribution >= 0.6 is 0 Å². The topological polar surface area (TPSA) is 107 Å². The Morgan fingerprint density at radius 2 is 1.91 bits per heavy atom. The van der Waals surface area contributed by atoms with Crippen LogP contribution < -0.4 is 16.8 Å². The van der Waals surface area contributed by atoms with Crippen molar-refractivity contribution in [2.75, 3.05) is 13.1 Å². The van der Waals surface area contributed by atoms with Crippen LogP contribution in [0, 0.1) is 0 Å². The molecule has 1 atom stereocenters. The van der Waals surface area contributed by atoms with Gasteiger partial charge in [-0.3, -0.25) is 4.79 Å². The molecule has 0 aliphatic rings. The van der Waals surface area contributed by atoms with Crippen molar-refractivity contribution in [3.05, 3.63) is 35.9 Å². The van der Waals surface area contributed by atoms with Crippen LogP contribution in [0.25, 0.3) is 0 Å². The average molecular weight is 307 g/mol. The third kappa shape index (κ3) is 6.80. The van der Waals surface area contributed by atoms with Gasteiger partial charge in [0.15, 0.2) is 0 Å². The Bertz CT molecular complexity index is 475. The third-order valence-electron chi connectivity index (χ3n) is 3.26. The van der Waals surface area contributed by atoms with Crippen LogP contribution in [-0.2, 0) is 20.9 Å². The highest BCUT2D eigenvalue weighted by Crippen LogP contribution is 2.12. The molecule has 0 radical (unpaired) electrons. The van der Waals surface area contributed by atoms with E-state index in [1.165, 1.54) is 0 Å². The Hall–Kier alpha value is -1.76. The number of benzene rings is 1. The van der Waals surface area contributed by atoms with Crippen LogP contribution in [0.2, 0.25) is 0 Å². The van der Waals surface area contributed by atoms with Gasteiger partial charge in [-0.25, -0.2) is 4.79 Å². The summed E-state index contributed by atoms with van der Waals surface area (Å²) in [5.41, 5.74) is 11.2. The molecule has 0 amide bonds. The quantitative estimate of drug-likeness (QED) is 0.352. The Morgan fingerprint density at radius 1 is 1.23 bits per heavy atom. The zero-order chi connectivity index (χ0) is 16.4. The molecule has 0 bridgehead atoms. The molecule has 0 saturated heterocycles. The SMILES string of the molecule is C[C@@](N)(CCCCN)C(=O)OC(=O)CNCc1ccccc1. The first-order chi connectivity index (χ1) is 10.5. The minimum Gasteiger partial charge on any atom is -0.391 e. The Morgan fingerprint density at radius 3 is 2.55 bits per heavy atom. The molecule has 6 nitrogen and oxygen atoms in total. The molecule has 0 heterocycles. The maximum absolute atomic E-state index is 11.9. The zero-order valence-corrected chi connectivity index (χ0v) is 13.0. The molecule has 1 aromatic rings. The van der Waals surface area contributed by atoms with E-state index >= 15 is 0 Å². The summed E-state index contributed by atoms with van der Waals surface area (Å²) >= 11 is 0. The van der Waals surface area contributed by atoms with Crippen molar-refractivity contribution < 1.29 is 14.3 Å². The van der Waals surface area contributed by atoms with E-state index in [4.69, 9.17) is 16.2 Å². The predicted octanol–water partition coefficient (Wildman–Crippen LogP) is 0.692. The van der Waals surface area contributed by atoms with Crippen LogP contribution in [0.1, 0.15) is 31.7 Å². The molecule has 6 heteroatoms. The van der Waals surface area contributed by atoms with E-state index in [-0.39, 0.29) is 6.54 Å². The van der Waals surface area contributed by atoms with Crippen molar-refractivity contribution in [2.24, 2.45) is 11.5 Å². The number of hydrogen-bond donors (Lipinski definition) is 3. The van der Waals surface area contributed by atoms with Gasteiger partial charge in [0.05, 0.1) is 6.54 Å². The fourth-order valence-corrected chi connectivity index (χ4v) is 1.90. The van der Waals surface area contributed by atoms with Gasteiger partial charge in [-0.2, -0.15) is 0 Å². The number of carbonyl (C=O) groups is 2. The van der Waals surface area contributed by atoms with Crippen molar-refractivity contribution in [1.29, 1.82) is 0 Å². The smallest absolute Gasteiger partial charge is 0.333 e. The lowest BCUT2D eigenvalue weighted by Crippen LogP contribution is -2.47. The third-order valence-corrected chi connectivity index (χ3v) is 3.26. The van der Waals surface area contributed by atoms with Gasteiger partial charge in [-0.05, 0) is 38.3 Å². The molecule has 22 heavy (non-hydrogen) atoms. The Kier molecular flexibility index (Phi) is 7.73. The summed E-state index contributed by atoms with van der Waals surface area (Å²) in [7, 11) is 0. The van der Waals surface area contributed by atoms with E-state index in [2.05, 4.69) is 5.32 Å². The van der Waals surface area contributed by atoms with Crippen molar-refractivity contribution in [1.82, 2.24) is 5.32 Å². The molecule has 0 spiro atoms. The first kappa shape index (κ1) is 18.3. The van der Waals surface area contributed by atoms with Crippen molar-refractivity contribution in [2.45, 2.75) is 38.3 Å². The maximum atomic E-state index is 11.9. The summed E-state index contributed by atoms with van der Waals surface area (Å²) in [6.45, 7) is 2.60. The second-order valence-electron chi connectivity index (χ2n) is 5.51. The van der Waals surface area contributed by atoms with Gasteiger partial charge in [0.25, 0.3) is 0 Å². The molecule has 0 aliphatic heterocycles. The zero-order valence-electron chi connectivity index (χ0n) is 13.0. The summed E-state index contributed by atoms with van der Waals surface area (Å²) in [5.74, 6) is -1.33. The predicted molar refractivity (Wildman–Crippen MR) is 84.7 cm³/mol. The van der Waals surface area contributed by atoms with Gasteiger partial charge >= 0.3 is 11.9 Å². The molecule has 5 N–H and O–H groups in total. The fourth-order valence-electron chi connectivity index (χ4n) is 1.90. The molecule has 122 valence electrons. The summed E-state index contributed by atoms with van der Waals surface area (Å²) in [6, 6.07) is 9.64. The van der Waals surface area contributed by atoms with Crippen LogP contribution in [0.5, 0.6) is 0 Å². The van der Waals surface area contributed by atoms with E-state index in [0.717, 1.165) is 18.4 Å². The van der Waals surface area contributed by atoms with Crippen LogP contribution in [0.4, 0.5) is 0 Å². The monoisotopic (exact) mass is 307 g/mol. The lowest BCUT2D eigenvalue weighted by atomic mass is 9.96. The number of rotatable bonds is 9. The van der Waals surface area contributed by atoms with E-state index < -0.39 is 17.5 Å². The van der Waals surface area contributed by atoms with E-state index in [1.807, 2.05) is 30.3 Å². The Labute approximate surface area is 131 Å². The number of esters is 2. The number of nitrogens with one attached hydrogen (secondary N) is 1. The van der Waals surface area contributed by atoms with Crippen LogP contribution in [0.15, 0.2) is 30.3 Å². The fraction of sp³-hybridized carbons (Fsp3) is 0.500. The summed E-state index contributed by atoms with van der Waals surface area (Å²) in [6.07, 6.45) is 1.94. The number of unbranched alkanes of at least 4 members (excludes halogenated alkanes) is 1. The van der Waals surface area contributed by atoms with Crippen LogP contribution in [-0.4, -0.2) is 30.6 Å². The highest BCUT2D eigenvalue weighted by Gasteiger charge is 2.31. The molecule has 0 fully saturated rings. The highest BCUT2D eigenvalue weighted by molar-refractivity contribution is 5.91. The first-order valence-corrected chi connectivity index (χ1v) is 7.44. The minimum atomic E-state index is -1.16. The van der Waals surface area contributed by atoms with E-state index in [0.29, 0.717) is 19.5 Å². The van der Waals surface area contributed by atoms with Gasteiger partial charge in [0, 0.05) is 6.54 Å². The van der Waals surface area contributed by atoms with Gasteiger partial charge in [0.2, 0.25) is 0 Å². The minimum absolute atomic E-state index is 0.0421. The summed E-state index contributed by atoms with van der Waals surface area (Å²) in [4.78, 5) is 23.5. The number of nitrogens with two attached hydrogens (primary N) is 2. The highest BCUT2D eigenvalue weighted by atomic mass is 16.6. The summed E-state index contributed by atoms with van der Waals surface area (Å²) in [5, 5.41) is 2.93. The molecular formula is C16H25N3O3. The number of carbonyl (C=O) groups excluding carboxylic acids is 2. The van der Waals surface area contributed by atoms with Gasteiger partial charge in [-0.1, -0.05) is 30.3 Å². The van der Waals surface area contributed by atoms with Gasteiger partial charge in [0.1, 0.15) is 5.54 Å². The second kappa shape index (κ2) is 9.30. The average Bonchev–Trinajstić information content (AvgIpc) is 2.48. The number of hydrogen-bond acceptors (Lipinski definition) is 6. The lowest BCUT2D eigenvalue weighted by molar-refractivity contribution is -0.162. The largest absolute Gasteiger partial charge is 0.391 e. The maximum Gasteiger partial charge on any atom is 0.333 e. The molecular weight excluding hydrogens is 282 g/mol. The van der Waals surface area contributed by atoms with E-state index in [9.17, 15) is 9.59 Å². The molecule has 0 saturated carbocycles. The molecule has 1 rings (SSSR count). The second-order valence-corrected chi connectivity index (χ2v) is 5.51. The van der Waals surface area contributed by atoms with Crippen LogP contribution in [0.3, 0.4) is 0 Å². The molecule has 1 aromatic carbocycles. The van der Waals surface area contributed by atoms with Crippen molar-refractivity contribution in [3.63, 3.8) is 0 Å². The normalized spacial score (nSPS) is 13.4. The van der Waals surface area contributed by atoms with Gasteiger partial charge in [-0.15, -0.1) is 0 Å². The molecule has 0 unspecified atom stereocenters. The first-order valence-electron chi connectivity index (χ1n) is 7.44. The van der Waals surface area contributed by atoms with Gasteiger partial charge < -0.3 is 21.5 Å². The standard InChI is InChI=1S/C16H25N3O3/c1-16(18,9-5-6-10-17)15(21)22-14(20)12-19-11-13-7-3-2-4-8-13/h2-4,7-8,19H,5-6,9-12,17-18H2,1H3/t16-/m1/s1. The summed E-state index contributed by atoms with van der Waals surface area (Å²) < 4.78 is 4.79. The van der Waals surface area contributed by atoms with Crippen molar-refractivity contribution >= 4 is 11.9 Å². The Balaban J connectivity index is 2.29. The molecule has 0 aliphatic carbocycles. The van der Waals surface area contributed by atoms with E-state index in [1.54, 1.807) is 6.92 Å². The van der Waals surface area contributed by atoms with Crippen molar-refractivity contribution in [3.8, 4) is 0 Å². The molecule has 0 aromatic heterocycles. The number of ether oxygens (including phenoxy) is 1. The lowest BCUT2D eigenvalue weighted by Gasteiger charge is -2.21.